The SMILES string of the molecule is C=CC1CCC(OC(=O)C2CCC(CCc3ccc(CCCCC)cc3)CC2)CC1(F)F. The van der Waals surface area contributed by atoms with Crippen LogP contribution in [0.25, 0.3) is 0 Å². The summed E-state index contributed by atoms with van der Waals surface area (Å²) in [5.74, 6) is -3.38. The molecule has 0 aliphatic heterocycles. The molecule has 2 nitrogen and oxygen atoms in total. The van der Waals surface area contributed by atoms with Crippen molar-refractivity contribution < 1.29 is 18.3 Å². The summed E-state index contributed by atoms with van der Waals surface area (Å²) in [5, 5.41) is 0. The molecule has 0 amide bonds. The molecule has 2 unspecified atom stereocenters. The predicted molar refractivity (Wildman–Crippen MR) is 126 cm³/mol. The largest absolute Gasteiger partial charge is 0.462 e. The van der Waals surface area contributed by atoms with E-state index < -0.39 is 17.9 Å². The molecule has 0 saturated heterocycles. The highest BCUT2D eigenvalue weighted by Gasteiger charge is 2.45. The summed E-state index contributed by atoms with van der Waals surface area (Å²) < 4.78 is 33.8. The number of hydrogen-bond acceptors (Lipinski definition) is 2. The van der Waals surface area contributed by atoms with Gasteiger partial charge >= 0.3 is 5.97 Å². The molecule has 2 atom stereocenters. The van der Waals surface area contributed by atoms with Gasteiger partial charge in [-0.3, -0.25) is 4.79 Å². The van der Waals surface area contributed by atoms with Crippen molar-refractivity contribution in [2.24, 2.45) is 17.8 Å². The van der Waals surface area contributed by atoms with Gasteiger partial charge in [-0.25, -0.2) is 8.78 Å². The van der Waals surface area contributed by atoms with Crippen LogP contribution >= 0.6 is 0 Å². The average Bonchev–Trinajstić information content (AvgIpc) is 2.78. The predicted octanol–water partition coefficient (Wildman–Crippen LogP) is 7.69. The minimum atomic E-state index is -2.82. The van der Waals surface area contributed by atoms with E-state index in [4.69, 9.17) is 4.74 Å². The van der Waals surface area contributed by atoms with Gasteiger partial charge < -0.3 is 4.74 Å². The fourth-order valence-corrected chi connectivity index (χ4v) is 5.29. The van der Waals surface area contributed by atoms with Crippen LogP contribution in [0.5, 0.6) is 0 Å². The number of unbranched alkanes of at least 4 members (excludes halogenated alkanes) is 2. The Morgan fingerprint density at radius 1 is 1.03 bits per heavy atom. The molecule has 0 aromatic heterocycles. The summed E-state index contributed by atoms with van der Waals surface area (Å²) in [7, 11) is 0. The molecule has 0 radical (unpaired) electrons. The van der Waals surface area contributed by atoms with Crippen molar-refractivity contribution in [2.45, 2.75) is 102 Å². The van der Waals surface area contributed by atoms with Crippen molar-refractivity contribution in [3.8, 4) is 0 Å². The van der Waals surface area contributed by atoms with Gasteiger partial charge in [-0.2, -0.15) is 0 Å². The van der Waals surface area contributed by atoms with E-state index in [0.29, 0.717) is 18.8 Å². The van der Waals surface area contributed by atoms with Crippen molar-refractivity contribution >= 4 is 5.97 Å². The lowest BCUT2D eigenvalue weighted by molar-refractivity contribution is -0.168. The molecule has 0 bridgehead atoms. The zero-order valence-electron chi connectivity index (χ0n) is 19.7. The molecule has 0 spiro atoms. The van der Waals surface area contributed by atoms with Gasteiger partial charge in [0, 0.05) is 12.3 Å². The minimum absolute atomic E-state index is 0.126. The Bertz CT molecular complexity index is 719. The molecule has 1 aromatic rings. The minimum Gasteiger partial charge on any atom is -0.462 e. The number of halogens is 2. The van der Waals surface area contributed by atoms with Crippen LogP contribution in [0.15, 0.2) is 36.9 Å². The molecule has 32 heavy (non-hydrogen) atoms. The number of alkyl halides is 2. The van der Waals surface area contributed by atoms with Crippen LogP contribution < -0.4 is 0 Å². The van der Waals surface area contributed by atoms with Gasteiger partial charge in [-0.05, 0) is 81.3 Å². The van der Waals surface area contributed by atoms with Gasteiger partial charge in [0.1, 0.15) is 6.10 Å². The van der Waals surface area contributed by atoms with Crippen LogP contribution in [0.4, 0.5) is 8.78 Å². The molecule has 1 aromatic carbocycles. The number of ether oxygens (including phenoxy) is 1. The van der Waals surface area contributed by atoms with E-state index in [1.165, 1.54) is 42.9 Å². The average molecular weight is 447 g/mol. The molecular weight excluding hydrogens is 406 g/mol. The smallest absolute Gasteiger partial charge is 0.309 e. The third-order valence-electron chi connectivity index (χ3n) is 7.52. The molecule has 2 aliphatic rings. The molecular formula is C28H40F2O2. The fraction of sp³-hybridized carbons (Fsp3) is 0.679. The van der Waals surface area contributed by atoms with E-state index in [-0.39, 0.29) is 18.3 Å². The number of hydrogen-bond donors (Lipinski definition) is 0. The summed E-state index contributed by atoms with van der Waals surface area (Å²) in [6.07, 6.45) is 12.0. The van der Waals surface area contributed by atoms with Crippen LogP contribution in [0.3, 0.4) is 0 Å². The summed E-state index contributed by atoms with van der Waals surface area (Å²) >= 11 is 0. The first-order valence-corrected chi connectivity index (χ1v) is 12.7. The number of rotatable bonds is 10. The summed E-state index contributed by atoms with van der Waals surface area (Å²) in [6, 6.07) is 9.07. The molecule has 2 aliphatic carbocycles. The monoisotopic (exact) mass is 446 g/mol. The maximum absolute atomic E-state index is 14.1. The van der Waals surface area contributed by atoms with Gasteiger partial charge in [0.15, 0.2) is 0 Å². The van der Waals surface area contributed by atoms with Gasteiger partial charge in [-0.1, -0.05) is 50.1 Å². The van der Waals surface area contributed by atoms with E-state index in [1.807, 2.05) is 0 Å². The quantitative estimate of drug-likeness (QED) is 0.209. The van der Waals surface area contributed by atoms with Crippen molar-refractivity contribution in [2.75, 3.05) is 0 Å². The van der Waals surface area contributed by atoms with E-state index in [1.54, 1.807) is 0 Å². The van der Waals surface area contributed by atoms with Gasteiger partial charge in [-0.15, -0.1) is 6.58 Å². The number of benzene rings is 1. The molecule has 0 N–H and O–H groups in total. The second kappa shape index (κ2) is 12.0. The van der Waals surface area contributed by atoms with Crippen LogP contribution in [-0.4, -0.2) is 18.0 Å². The van der Waals surface area contributed by atoms with Crippen LogP contribution in [0.2, 0.25) is 0 Å². The lowest BCUT2D eigenvalue weighted by Crippen LogP contribution is -2.40. The Hall–Kier alpha value is -1.71. The first-order chi connectivity index (χ1) is 15.4. The maximum atomic E-state index is 14.1. The van der Waals surface area contributed by atoms with Crippen LogP contribution in [0, 0.1) is 17.8 Å². The molecule has 4 heteroatoms. The second-order valence-electron chi connectivity index (χ2n) is 9.97. The highest BCUT2D eigenvalue weighted by Crippen LogP contribution is 2.41. The number of esters is 1. The number of carbonyl (C=O) groups excluding carboxylic acids is 1. The molecule has 2 fully saturated rings. The van der Waals surface area contributed by atoms with Crippen molar-refractivity contribution in [3.63, 3.8) is 0 Å². The zero-order valence-corrected chi connectivity index (χ0v) is 19.7. The van der Waals surface area contributed by atoms with Gasteiger partial charge in [0.25, 0.3) is 5.92 Å². The lowest BCUT2D eigenvalue weighted by Gasteiger charge is -2.35. The Labute approximate surface area is 192 Å². The van der Waals surface area contributed by atoms with Crippen molar-refractivity contribution in [3.05, 3.63) is 48.0 Å². The summed E-state index contributed by atoms with van der Waals surface area (Å²) in [5.41, 5.74) is 2.82. The van der Waals surface area contributed by atoms with E-state index in [9.17, 15) is 13.6 Å². The normalized spacial score (nSPS) is 27.6. The summed E-state index contributed by atoms with van der Waals surface area (Å²) in [6.45, 7) is 5.74. The Kier molecular flexibility index (Phi) is 9.31. The van der Waals surface area contributed by atoms with Crippen LogP contribution in [0.1, 0.15) is 88.7 Å². The molecule has 178 valence electrons. The Morgan fingerprint density at radius 2 is 1.69 bits per heavy atom. The van der Waals surface area contributed by atoms with Crippen LogP contribution in [-0.2, 0) is 22.4 Å². The highest BCUT2D eigenvalue weighted by atomic mass is 19.3. The molecule has 3 rings (SSSR count). The second-order valence-corrected chi connectivity index (χ2v) is 9.97. The zero-order chi connectivity index (χ0) is 23.0. The topological polar surface area (TPSA) is 26.3 Å². The number of allylic oxidation sites excluding steroid dienone is 1. The van der Waals surface area contributed by atoms with Gasteiger partial charge in [0.05, 0.1) is 5.92 Å². The van der Waals surface area contributed by atoms with Gasteiger partial charge in [0.2, 0.25) is 0 Å². The standard InChI is InChI=1S/C28H40F2O2/c1-3-5-6-7-21-8-10-22(11-9-21)12-13-23-14-16-24(17-15-23)27(31)32-26-19-18-25(4-2)28(29,30)20-26/h4,8-11,23-26H,2-3,5-7,12-20H2,1H3. The highest BCUT2D eigenvalue weighted by molar-refractivity contribution is 5.72. The van der Waals surface area contributed by atoms with Crippen molar-refractivity contribution in [1.82, 2.24) is 0 Å². The Balaban J connectivity index is 1.36. The molecule has 2 saturated carbocycles. The summed E-state index contributed by atoms with van der Waals surface area (Å²) in [4.78, 5) is 12.6. The lowest BCUT2D eigenvalue weighted by atomic mass is 9.79. The van der Waals surface area contributed by atoms with E-state index in [0.717, 1.165) is 38.5 Å². The molecule has 0 heterocycles. The van der Waals surface area contributed by atoms with E-state index in [2.05, 4.69) is 37.8 Å². The fourth-order valence-electron chi connectivity index (χ4n) is 5.29. The maximum Gasteiger partial charge on any atom is 0.309 e. The Morgan fingerprint density at radius 3 is 2.28 bits per heavy atom. The first kappa shape index (κ1) is 24.9. The van der Waals surface area contributed by atoms with E-state index >= 15 is 0 Å². The van der Waals surface area contributed by atoms with Crippen molar-refractivity contribution in [1.29, 1.82) is 0 Å². The third kappa shape index (κ3) is 7.15. The first-order valence-electron chi connectivity index (χ1n) is 12.7. The third-order valence-corrected chi connectivity index (χ3v) is 7.52. The number of carbonyl (C=O) groups is 1. The number of aryl methyl sites for hydroxylation is 2.